The van der Waals surface area contributed by atoms with Crippen molar-refractivity contribution in [2.24, 2.45) is 0 Å². The van der Waals surface area contributed by atoms with Gasteiger partial charge in [-0.3, -0.25) is 0 Å². The van der Waals surface area contributed by atoms with Crippen molar-refractivity contribution in [3.63, 3.8) is 0 Å². The summed E-state index contributed by atoms with van der Waals surface area (Å²) < 4.78 is 33.8. The Morgan fingerprint density at radius 1 is 1.32 bits per heavy atom. The second-order valence-corrected chi connectivity index (χ2v) is 5.04. The van der Waals surface area contributed by atoms with Crippen molar-refractivity contribution in [1.82, 2.24) is 4.98 Å². The molecule has 2 aromatic rings. The van der Waals surface area contributed by atoms with Crippen LogP contribution in [0.3, 0.4) is 0 Å². The van der Waals surface area contributed by atoms with Gasteiger partial charge in [-0.1, -0.05) is 6.07 Å². The van der Waals surface area contributed by atoms with Crippen LogP contribution in [0.25, 0.3) is 0 Å². The summed E-state index contributed by atoms with van der Waals surface area (Å²) in [6.45, 7) is 0.281. The number of pyridine rings is 1. The monoisotopic (exact) mass is 326 g/mol. The summed E-state index contributed by atoms with van der Waals surface area (Å²) in [5, 5.41) is 3.06. The number of halogens is 3. The van der Waals surface area contributed by atoms with Gasteiger partial charge in [-0.2, -0.15) is 0 Å². The number of ether oxygens (including phenoxy) is 1. The first-order chi connectivity index (χ1) is 9.15. The van der Waals surface area contributed by atoms with Gasteiger partial charge in [0.1, 0.15) is 17.7 Å². The van der Waals surface area contributed by atoms with Gasteiger partial charge in [0.2, 0.25) is 5.88 Å². The van der Waals surface area contributed by atoms with E-state index < -0.39 is 17.7 Å². The fourth-order valence-electron chi connectivity index (χ4n) is 2.01. The van der Waals surface area contributed by atoms with Crippen molar-refractivity contribution in [3.8, 4) is 5.88 Å². The Balaban J connectivity index is 1.96. The zero-order valence-electron chi connectivity index (χ0n) is 9.66. The molecule has 1 unspecified atom stereocenters. The van der Waals surface area contributed by atoms with E-state index >= 15 is 0 Å². The molecule has 1 aliphatic heterocycles. The molecule has 0 aliphatic carbocycles. The average molecular weight is 327 g/mol. The molecule has 0 fully saturated rings. The minimum Gasteiger partial charge on any atom is -0.466 e. The highest BCUT2D eigenvalue weighted by Crippen LogP contribution is 2.35. The van der Waals surface area contributed by atoms with Gasteiger partial charge >= 0.3 is 0 Å². The Morgan fingerprint density at radius 2 is 2.05 bits per heavy atom. The normalized spacial score (nSPS) is 17.3. The summed E-state index contributed by atoms with van der Waals surface area (Å²) in [5.41, 5.74) is 0.618. The highest BCUT2D eigenvalue weighted by molar-refractivity contribution is 9.10. The number of hydrogen-bond acceptors (Lipinski definition) is 3. The molecule has 0 spiro atoms. The maximum absolute atomic E-state index is 13.7. The SMILES string of the molecule is Fc1cccc(F)c1C1CNc2cc(Br)cnc2O1. The lowest BCUT2D eigenvalue weighted by atomic mass is 10.1. The predicted octanol–water partition coefficient (Wildman–Crippen LogP) is 3.67. The number of anilines is 1. The van der Waals surface area contributed by atoms with Gasteiger partial charge < -0.3 is 10.1 Å². The van der Waals surface area contributed by atoms with Crippen LogP contribution in [0, 0.1) is 11.6 Å². The minimum atomic E-state index is -0.734. The largest absolute Gasteiger partial charge is 0.466 e. The zero-order valence-corrected chi connectivity index (χ0v) is 11.2. The maximum Gasteiger partial charge on any atom is 0.238 e. The van der Waals surface area contributed by atoms with E-state index in [0.29, 0.717) is 11.6 Å². The third kappa shape index (κ3) is 2.28. The Morgan fingerprint density at radius 3 is 2.79 bits per heavy atom. The summed E-state index contributed by atoms with van der Waals surface area (Å²) in [7, 11) is 0. The van der Waals surface area contributed by atoms with Crippen LogP contribution in [0.4, 0.5) is 14.5 Å². The number of benzene rings is 1. The highest BCUT2D eigenvalue weighted by Gasteiger charge is 2.27. The van der Waals surface area contributed by atoms with Gasteiger partial charge in [-0.15, -0.1) is 0 Å². The van der Waals surface area contributed by atoms with Crippen LogP contribution < -0.4 is 10.1 Å². The summed E-state index contributed by atoms with van der Waals surface area (Å²) in [6.07, 6.45) is 0.836. The molecule has 0 amide bonds. The van der Waals surface area contributed by atoms with Crippen molar-refractivity contribution in [2.75, 3.05) is 11.9 Å². The first-order valence-corrected chi connectivity index (χ1v) is 6.44. The van der Waals surface area contributed by atoms with Gasteiger partial charge in [0.25, 0.3) is 0 Å². The maximum atomic E-state index is 13.7. The van der Waals surface area contributed by atoms with E-state index in [1.54, 1.807) is 12.3 Å². The van der Waals surface area contributed by atoms with Crippen LogP contribution in [-0.2, 0) is 0 Å². The van der Waals surface area contributed by atoms with Crippen molar-refractivity contribution in [2.45, 2.75) is 6.10 Å². The molecule has 98 valence electrons. The van der Waals surface area contributed by atoms with Crippen molar-refractivity contribution in [1.29, 1.82) is 0 Å². The summed E-state index contributed by atoms with van der Waals surface area (Å²) in [5.74, 6) is -0.901. The number of aromatic nitrogens is 1. The molecule has 1 aromatic heterocycles. The van der Waals surface area contributed by atoms with Crippen molar-refractivity contribution in [3.05, 3.63) is 52.1 Å². The van der Waals surface area contributed by atoms with E-state index in [9.17, 15) is 8.78 Å². The number of hydrogen-bond donors (Lipinski definition) is 1. The van der Waals surface area contributed by atoms with Gasteiger partial charge in [-0.25, -0.2) is 13.8 Å². The quantitative estimate of drug-likeness (QED) is 0.868. The molecule has 0 saturated heterocycles. The van der Waals surface area contributed by atoms with E-state index in [4.69, 9.17) is 4.74 Å². The fourth-order valence-corrected chi connectivity index (χ4v) is 2.34. The molecule has 0 radical (unpaired) electrons. The van der Waals surface area contributed by atoms with E-state index in [-0.39, 0.29) is 12.1 Å². The van der Waals surface area contributed by atoms with E-state index in [0.717, 1.165) is 4.47 Å². The zero-order chi connectivity index (χ0) is 13.4. The molecule has 0 bridgehead atoms. The molecule has 3 rings (SSSR count). The van der Waals surface area contributed by atoms with E-state index in [2.05, 4.69) is 26.2 Å². The molecule has 6 heteroatoms. The first kappa shape index (κ1) is 12.3. The van der Waals surface area contributed by atoms with Crippen LogP contribution >= 0.6 is 15.9 Å². The lowest BCUT2D eigenvalue weighted by Crippen LogP contribution is -2.26. The third-order valence-corrected chi connectivity index (χ3v) is 3.30. The Bertz CT molecular complexity index is 616. The average Bonchev–Trinajstić information content (AvgIpc) is 2.38. The standard InChI is InChI=1S/C13H9BrF2N2O/c14-7-4-10-13(18-5-7)19-11(6-17-10)12-8(15)2-1-3-9(12)16/h1-5,11,17H,6H2. The Hall–Kier alpha value is -1.69. The van der Waals surface area contributed by atoms with Crippen molar-refractivity contribution < 1.29 is 13.5 Å². The molecule has 19 heavy (non-hydrogen) atoms. The second-order valence-electron chi connectivity index (χ2n) is 4.13. The number of rotatable bonds is 1. The lowest BCUT2D eigenvalue weighted by Gasteiger charge is -2.27. The molecule has 1 aromatic carbocycles. The fraction of sp³-hybridized carbons (Fsp3) is 0.154. The number of nitrogens with zero attached hydrogens (tertiary/aromatic N) is 1. The lowest BCUT2D eigenvalue weighted by molar-refractivity contribution is 0.191. The van der Waals surface area contributed by atoms with Crippen molar-refractivity contribution >= 4 is 21.6 Å². The Kier molecular flexibility index (Phi) is 3.10. The van der Waals surface area contributed by atoms with Crippen LogP contribution in [0.2, 0.25) is 0 Å². The molecule has 2 heterocycles. The van der Waals surface area contributed by atoms with Crippen LogP contribution in [0.5, 0.6) is 5.88 Å². The Labute approximate surface area is 116 Å². The number of nitrogens with one attached hydrogen (secondary N) is 1. The molecule has 0 saturated carbocycles. The molecule has 1 aliphatic rings. The van der Waals surface area contributed by atoms with Gasteiger partial charge in [0.05, 0.1) is 17.8 Å². The number of fused-ring (bicyclic) bond motifs is 1. The minimum absolute atomic E-state index is 0.0784. The third-order valence-electron chi connectivity index (χ3n) is 2.87. The molecule has 1 atom stereocenters. The molecule has 3 nitrogen and oxygen atoms in total. The van der Waals surface area contributed by atoms with Gasteiger partial charge in [0.15, 0.2) is 0 Å². The topological polar surface area (TPSA) is 34.2 Å². The smallest absolute Gasteiger partial charge is 0.238 e. The van der Waals surface area contributed by atoms with Gasteiger partial charge in [0, 0.05) is 10.7 Å². The molecular weight excluding hydrogens is 318 g/mol. The first-order valence-electron chi connectivity index (χ1n) is 5.65. The highest BCUT2D eigenvalue weighted by atomic mass is 79.9. The van der Waals surface area contributed by atoms with Crippen LogP contribution in [0.15, 0.2) is 34.9 Å². The molecular formula is C13H9BrF2N2O. The van der Waals surface area contributed by atoms with E-state index in [1.807, 2.05) is 0 Å². The summed E-state index contributed by atoms with van der Waals surface area (Å²) in [4.78, 5) is 4.08. The summed E-state index contributed by atoms with van der Waals surface area (Å²) >= 11 is 3.30. The van der Waals surface area contributed by atoms with Crippen LogP contribution in [-0.4, -0.2) is 11.5 Å². The molecule has 1 N–H and O–H groups in total. The van der Waals surface area contributed by atoms with E-state index in [1.165, 1.54) is 18.2 Å². The van der Waals surface area contributed by atoms with Crippen LogP contribution in [0.1, 0.15) is 11.7 Å². The van der Waals surface area contributed by atoms with Gasteiger partial charge in [-0.05, 0) is 34.1 Å². The predicted molar refractivity (Wildman–Crippen MR) is 70.2 cm³/mol. The second kappa shape index (κ2) is 4.77. The summed E-state index contributed by atoms with van der Waals surface area (Å²) in [6, 6.07) is 5.56.